The molecule has 0 amide bonds. The lowest BCUT2D eigenvalue weighted by atomic mass is 10.0. The van der Waals surface area contributed by atoms with Crippen LogP contribution in [0.1, 0.15) is 18.4 Å². The minimum absolute atomic E-state index is 0.372. The van der Waals surface area contributed by atoms with Gasteiger partial charge < -0.3 is 10.0 Å². The van der Waals surface area contributed by atoms with Crippen LogP contribution < -0.4 is 4.90 Å². The summed E-state index contributed by atoms with van der Waals surface area (Å²) in [7, 11) is 1.72. The Morgan fingerprint density at radius 2 is 2.26 bits per heavy atom. The number of rotatable bonds is 4. The highest BCUT2D eigenvalue weighted by Crippen LogP contribution is 2.29. The molecular formula is C13H13FN2O2S. The summed E-state index contributed by atoms with van der Waals surface area (Å²) >= 11 is 1.40. The molecule has 2 rings (SSSR count). The van der Waals surface area contributed by atoms with Gasteiger partial charge in [-0.1, -0.05) is 6.07 Å². The van der Waals surface area contributed by atoms with Gasteiger partial charge in [-0.3, -0.25) is 4.79 Å². The molecule has 0 spiro atoms. The van der Waals surface area contributed by atoms with E-state index in [1.165, 1.54) is 24.3 Å². The Bertz CT molecular complexity index is 586. The maximum atomic E-state index is 14.1. The number of hydrogen-bond acceptors (Lipinski definition) is 4. The first-order chi connectivity index (χ1) is 9.00. The van der Waals surface area contributed by atoms with E-state index in [1.54, 1.807) is 30.3 Å². The average molecular weight is 280 g/mol. The number of hydrogen-bond donors (Lipinski definition) is 1. The minimum Gasteiger partial charge on any atom is -0.481 e. The molecule has 0 fully saturated rings. The second-order valence-electron chi connectivity index (χ2n) is 4.14. The lowest BCUT2D eigenvalue weighted by Gasteiger charge is -2.17. The smallest absolute Gasteiger partial charge is 0.310 e. The normalized spacial score (nSPS) is 12.2. The predicted molar refractivity (Wildman–Crippen MR) is 72.6 cm³/mol. The molecule has 100 valence electrons. The lowest BCUT2D eigenvalue weighted by molar-refractivity contribution is -0.138. The number of carbonyl (C=O) groups is 1. The first-order valence-corrected chi connectivity index (χ1v) is 6.54. The monoisotopic (exact) mass is 280 g/mol. The van der Waals surface area contributed by atoms with Crippen LogP contribution in [0.25, 0.3) is 0 Å². The number of thiazole rings is 1. The highest BCUT2D eigenvalue weighted by molar-refractivity contribution is 7.13. The number of aromatic nitrogens is 1. The van der Waals surface area contributed by atoms with Crippen LogP contribution in [0.3, 0.4) is 0 Å². The van der Waals surface area contributed by atoms with Gasteiger partial charge in [-0.2, -0.15) is 0 Å². The highest BCUT2D eigenvalue weighted by atomic mass is 32.1. The largest absolute Gasteiger partial charge is 0.481 e. The van der Waals surface area contributed by atoms with Crippen molar-refractivity contribution in [3.8, 4) is 0 Å². The van der Waals surface area contributed by atoms with Gasteiger partial charge in [0, 0.05) is 18.6 Å². The zero-order valence-corrected chi connectivity index (χ0v) is 11.3. The van der Waals surface area contributed by atoms with Gasteiger partial charge in [0.15, 0.2) is 5.13 Å². The molecule has 1 aromatic carbocycles. The summed E-state index contributed by atoms with van der Waals surface area (Å²) in [6.45, 7) is 1.53. The maximum Gasteiger partial charge on any atom is 0.310 e. The van der Waals surface area contributed by atoms with Crippen molar-refractivity contribution in [1.29, 1.82) is 0 Å². The Balaban J connectivity index is 2.32. The van der Waals surface area contributed by atoms with E-state index in [9.17, 15) is 9.18 Å². The number of anilines is 2. The Labute approximate surface area is 114 Å². The molecule has 0 aliphatic carbocycles. The molecule has 0 aliphatic rings. The third kappa shape index (κ3) is 2.73. The maximum absolute atomic E-state index is 14.1. The zero-order valence-electron chi connectivity index (χ0n) is 10.5. The molecule has 0 saturated carbocycles. The Kier molecular flexibility index (Phi) is 3.80. The van der Waals surface area contributed by atoms with Gasteiger partial charge in [-0.05, 0) is 24.6 Å². The van der Waals surface area contributed by atoms with Gasteiger partial charge >= 0.3 is 5.97 Å². The molecule has 1 unspecified atom stereocenters. The fourth-order valence-electron chi connectivity index (χ4n) is 1.69. The first-order valence-electron chi connectivity index (χ1n) is 5.66. The van der Waals surface area contributed by atoms with Crippen molar-refractivity contribution in [3.05, 3.63) is 41.2 Å². The molecule has 1 N–H and O–H groups in total. The average Bonchev–Trinajstić information content (AvgIpc) is 2.90. The van der Waals surface area contributed by atoms with Crippen LogP contribution in [-0.2, 0) is 4.79 Å². The summed E-state index contributed by atoms with van der Waals surface area (Å²) < 4.78 is 14.1. The summed E-state index contributed by atoms with van der Waals surface area (Å²) in [6.07, 6.45) is 1.65. The number of benzene rings is 1. The second kappa shape index (κ2) is 5.36. The topological polar surface area (TPSA) is 53.4 Å². The van der Waals surface area contributed by atoms with Crippen molar-refractivity contribution in [1.82, 2.24) is 4.98 Å². The lowest BCUT2D eigenvalue weighted by Crippen LogP contribution is -2.12. The van der Waals surface area contributed by atoms with Gasteiger partial charge in [0.1, 0.15) is 5.82 Å². The van der Waals surface area contributed by atoms with Crippen LogP contribution in [0, 0.1) is 5.82 Å². The Morgan fingerprint density at radius 1 is 1.53 bits per heavy atom. The molecule has 6 heteroatoms. The van der Waals surface area contributed by atoms with Crippen LogP contribution in [0.2, 0.25) is 0 Å². The molecule has 0 bridgehead atoms. The van der Waals surface area contributed by atoms with Crippen molar-refractivity contribution in [2.75, 3.05) is 11.9 Å². The van der Waals surface area contributed by atoms with Crippen LogP contribution in [-0.4, -0.2) is 23.1 Å². The number of carboxylic acid groups (broad SMARTS) is 1. The van der Waals surface area contributed by atoms with Gasteiger partial charge in [-0.25, -0.2) is 9.37 Å². The molecule has 1 aromatic heterocycles. The molecule has 2 aromatic rings. The third-order valence-electron chi connectivity index (χ3n) is 2.91. The van der Waals surface area contributed by atoms with Gasteiger partial charge in [-0.15, -0.1) is 11.3 Å². The quantitative estimate of drug-likeness (QED) is 0.934. The summed E-state index contributed by atoms with van der Waals surface area (Å²) in [5.74, 6) is -2.16. The van der Waals surface area contributed by atoms with E-state index in [0.29, 0.717) is 16.4 Å². The molecule has 1 heterocycles. The van der Waals surface area contributed by atoms with E-state index in [0.717, 1.165) is 0 Å². The van der Waals surface area contributed by atoms with Crippen LogP contribution >= 0.6 is 11.3 Å². The van der Waals surface area contributed by atoms with Crippen LogP contribution in [0.4, 0.5) is 15.2 Å². The van der Waals surface area contributed by atoms with Crippen molar-refractivity contribution in [2.24, 2.45) is 0 Å². The molecule has 19 heavy (non-hydrogen) atoms. The van der Waals surface area contributed by atoms with Gasteiger partial charge in [0.05, 0.1) is 11.6 Å². The van der Waals surface area contributed by atoms with Gasteiger partial charge in [0.25, 0.3) is 0 Å². The molecule has 0 saturated heterocycles. The van der Waals surface area contributed by atoms with Crippen LogP contribution in [0.5, 0.6) is 0 Å². The minimum atomic E-state index is -0.972. The molecule has 4 nitrogen and oxygen atoms in total. The number of aliphatic carboxylic acids is 1. The number of nitrogens with zero attached hydrogens (tertiary/aromatic N) is 2. The third-order valence-corrected chi connectivity index (χ3v) is 3.76. The summed E-state index contributed by atoms with van der Waals surface area (Å²) in [4.78, 5) is 16.6. The fraction of sp³-hybridized carbons (Fsp3) is 0.231. The Hall–Kier alpha value is -1.95. The summed E-state index contributed by atoms with van der Waals surface area (Å²) in [5, 5.41) is 11.4. The molecular weight excluding hydrogens is 267 g/mol. The fourth-order valence-corrected chi connectivity index (χ4v) is 2.31. The van der Waals surface area contributed by atoms with Crippen molar-refractivity contribution >= 4 is 28.1 Å². The van der Waals surface area contributed by atoms with Crippen molar-refractivity contribution in [2.45, 2.75) is 12.8 Å². The Morgan fingerprint density at radius 3 is 2.79 bits per heavy atom. The highest BCUT2D eigenvalue weighted by Gasteiger charge is 2.17. The number of carboxylic acids is 1. The summed E-state index contributed by atoms with van der Waals surface area (Å²) in [5.41, 5.74) is 0.817. The van der Waals surface area contributed by atoms with E-state index in [-0.39, 0.29) is 0 Å². The second-order valence-corrected chi connectivity index (χ2v) is 5.02. The SMILES string of the molecule is CC(C(=O)O)c1ccc(N(C)c2nccs2)c(F)c1. The van der Waals surface area contributed by atoms with E-state index in [2.05, 4.69) is 4.98 Å². The molecule has 0 aliphatic heterocycles. The standard InChI is InChI=1S/C13H13FN2O2S/c1-8(12(17)18)9-3-4-11(10(14)7-9)16(2)13-15-5-6-19-13/h3-8H,1-2H3,(H,17,18). The summed E-state index contributed by atoms with van der Waals surface area (Å²) in [6, 6.07) is 4.46. The van der Waals surface area contributed by atoms with E-state index >= 15 is 0 Å². The van der Waals surface area contributed by atoms with Crippen molar-refractivity contribution in [3.63, 3.8) is 0 Å². The van der Waals surface area contributed by atoms with Crippen molar-refractivity contribution < 1.29 is 14.3 Å². The first kappa shape index (κ1) is 13.5. The van der Waals surface area contributed by atoms with Gasteiger partial charge in [0.2, 0.25) is 0 Å². The zero-order chi connectivity index (χ0) is 14.0. The number of halogens is 1. The predicted octanol–water partition coefficient (Wildman–Crippen LogP) is 3.24. The van der Waals surface area contributed by atoms with Crippen LogP contribution in [0.15, 0.2) is 29.8 Å². The molecule has 1 atom stereocenters. The van der Waals surface area contributed by atoms with E-state index in [1.807, 2.05) is 5.38 Å². The molecule has 0 radical (unpaired) electrons. The van der Waals surface area contributed by atoms with E-state index < -0.39 is 17.7 Å². The van der Waals surface area contributed by atoms with E-state index in [4.69, 9.17) is 5.11 Å².